The largest absolute Gasteiger partial charge is 0.453 e. The van der Waals surface area contributed by atoms with Crippen molar-refractivity contribution in [3.8, 4) is 0 Å². The third-order valence-electron chi connectivity index (χ3n) is 1.31. The standard InChI is InChI=1S/C6H10N2O2S/c1-10-6(9)8-5(11)7-4-2-3-4/h4H,2-3H2,1H3,(H2,7,8,9,11). The second kappa shape index (κ2) is 3.52. The molecule has 0 aromatic carbocycles. The Balaban J connectivity index is 2.13. The highest BCUT2D eigenvalue weighted by Gasteiger charge is 2.22. The molecule has 0 radical (unpaired) electrons. The van der Waals surface area contributed by atoms with Crippen molar-refractivity contribution in [1.82, 2.24) is 10.6 Å². The molecule has 5 heteroatoms. The first-order valence-electron chi connectivity index (χ1n) is 3.38. The van der Waals surface area contributed by atoms with E-state index >= 15 is 0 Å². The second-order valence-corrected chi connectivity index (χ2v) is 2.77. The van der Waals surface area contributed by atoms with E-state index in [0.717, 1.165) is 12.8 Å². The zero-order chi connectivity index (χ0) is 8.27. The Morgan fingerprint density at radius 1 is 1.64 bits per heavy atom. The smallest absolute Gasteiger partial charge is 0.413 e. The summed E-state index contributed by atoms with van der Waals surface area (Å²) in [5.41, 5.74) is 0. The van der Waals surface area contributed by atoms with Crippen LogP contribution in [0.4, 0.5) is 4.79 Å². The summed E-state index contributed by atoms with van der Waals surface area (Å²) >= 11 is 4.79. The summed E-state index contributed by atoms with van der Waals surface area (Å²) in [6, 6.07) is 0.458. The number of amides is 1. The number of methoxy groups -OCH3 is 1. The minimum atomic E-state index is -0.525. The predicted octanol–water partition coefficient (Wildman–Crippen LogP) is 0.379. The average molecular weight is 174 g/mol. The maximum Gasteiger partial charge on any atom is 0.413 e. The summed E-state index contributed by atoms with van der Waals surface area (Å²) in [5.74, 6) is 0. The van der Waals surface area contributed by atoms with Gasteiger partial charge in [-0.2, -0.15) is 0 Å². The summed E-state index contributed by atoms with van der Waals surface area (Å²) in [7, 11) is 1.30. The average Bonchev–Trinajstić information content (AvgIpc) is 2.71. The molecule has 1 fully saturated rings. The third kappa shape index (κ3) is 3.18. The van der Waals surface area contributed by atoms with Crippen molar-refractivity contribution in [2.24, 2.45) is 0 Å². The summed E-state index contributed by atoms with van der Waals surface area (Å²) in [6.07, 6.45) is 1.73. The number of carbonyl (C=O) groups excluding carboxylic acids is 1. The monoisotopic (exact) mass is 174 g/mol. The van der Waals surface area contributed by atoms with Crippen molar-refractivity contribution < 1.29 is 9.53 Å². The van der Waals surface area contributed by atoms with E-state index in [9.17, 15) is 4.79 Å². The molecule has 2 N–H and O–H groups in total. The molecule has 0 aromatic rings. The number of hydrogen-bond acceptors (Lipinski definition) is 3. The first-order chi connectivity index (χ1) is 5.22. The first kappa shape index (κ1) is 8.26. The van der Waals surface area contributed by atoms with Gasteiger partial charge in [0, 0.05) is 6.04 Å². The molecule has 0 aromatic heterocycles. The molecule has 1 aliphatic carbocycles. The van der Waals surface area contributed by atoms with E-state index in [0.29, 0.717) is 11.2 Å². The van der Waals surface area contributed by atoms with E-state index in [1.807, 2.05) is 0 Å². The van der Waals surface area contributed by atoms with E-state index < -0.39 is 6.09 Å². The number of ether oxygens (including phenoxy) is 1. The first-order valence-corrected chi connectivity index (χ1v) is 3.78. The number of carbonyl (C=O) groups is 1. The summed E-state index contributed by atoms with van der Waals surface area (Å²) < 4.78 is 4.35. The molecular formula is C6H10N2O2S. The lowest BCUT2D eigenvalue weighted by molar-refractivity contribution is 0.176. The molecule has 1 amide bonds. The Morgan fingerprint density at radius 3 is 2.73 bits per heavy atom. The predicted molar refractivity (Wildman–Crippen MR) is 44.3 cm³/mol. The van der Waals surface area contributed by atoms with Gasteiger partial charge in [-0.05, 0) is 25.1 Å². The van der Waals surface area contributed by atoms with E-state index in [4.69, 9.17) is 12.2 Å². The summed E-state index contributed by atoms with van der Waals surface area (Å²) in [5, 5.41) is 5.65. The number of hydrogen-bond donors (Lipinski definition) is 2. The van der Waals surface area contributed by atoms with Crippen LogP contribution in [0.2, 0.25) is 0 Å². The van der Waals surface area contributed by atoms with Gasteiger partial charge in [0.15, 0.2) is 5.11 Å². The summed E-state index contributed by atoms with van der Waals surface area (Å²) in [6.45, 7) is 0. The molecule has 0 heterocycles. The van der Waals surface area contributed by atoms with Crippen LogP contribution in [0.25, 0.3) is 0 Å². The lowest BCUT2D eigenvalue weighted by Crippen LogP contribution is -2.40. The van der Waals surface area contributed by atoms with Crippen LogP contribution in [0, 0.1) is 0 Å². The second-order valence-electron chi connectivity index (χ2n) is 2.36. The Hall–Kier alpha value is -0.840. The molecule has 0 spiro atoms. The molecule has 62 valence electrons. The zero-order valence-electron chi connectivity index (χ0n) is 6.22. The highest BCUT2D eigenvalue weighted by atomic mass is 32.1. The third-order valence-corrected chi connectivity index (χ3v) is 1.53. The maximum atomic E-state index is 10.6. The van der Waals surface area contributed by atoms with Gasteiger partial charge in [-0.15, -0.1) is 0 Å². The number of thiocarbonyl (C=S) groups is 1. The Morgan fingerprint density at radius 2 is 2.27 bits per heavy atom. The fourth-order valence-corrected chi connectivity index (χ4v) is 0.843. The lowest BCUT2D eigenvalue weighted by Gasteiger charge is -2.05. The van der Waals surface area contributed by atoms with E-state index in [-0.39, 0.29) is 0 Å². The van der Waals surface area contributed by atoms with E-state index in [1.165, 1.54) is 7.11 Å². The van der Waals surface area contributed by atoms with Gasteiger partial charge in [-0.1, -0.05) is 0 Å². The van der Waals surface area contributed by atoms with Crippen LogP contribution >= 0.6 is 12.2 Å². The fraction of sp³-hybridized carbons (Fsp3) is 0.667. The fourth-order valence-electron chi connectivity index (χ4n) is 0.593. The van der Waals surface area contributed by atoms with Crippen molar-refractivity contribution in [2.75, 3.05) is 7.11 Å². The normalized spacial score (nSPS) is 15.4. The highest BCUT2D eigenvalue weighted by molar-refractivity contribution is 7.80. The van der Waals surface area contributed by atoms with Gasteiger partial charge in [0.2, 0.25) is 0 Å². The van der Waals surface area contributed by atoms with Crippen LogP contribution in [0.5, 0.6) is 0 Å². The summed E-state index contributed by atoms with van der Waals surface area (Å²) in [4.78, 5) is 10.6. The van der Waals surface area contributed by atoms with Gasteiger partial charge in [-0.25, -0.2) is 4.79 Å². The number of rotatable bonds is 1. The Labute approximate surface area is 70.3 Å². The molecule has 0 aliphatic heterocycles. The van der Waals surface area contributed by atoms with Gasteiger partial charge in [-0.3, -0.25) is 5.32 Å². The molecule has 0 atom stereocenters. The van der Waals surface area contributed by atoms with Crippen LogP contribution in [-0.2, 0) is 4.74 Å². The van der Waals surface area contributed by atoms with Crippen LogP contribution in [0.3, 0.4) is 0 Å². The van der Waals surface area contributed by atoms with Gasteiger partial charge in [0.25, 0.3) is 0 Å². The number of alkyl carbamates (subject to hydrolysis) is 1. The van der Waals surface area contributed by atoms with Gasteiger partial charge >= 0.3 is 6.09 Å². The minimum absolute atomic E-state index is 0.347. The van der Waals surface area contributed by atoms with E-state index in [2.05, 4.69) is 15.4 Å². The maximum absolute atomic E-state index is 10.6. The Bertz CT molecular complexity index is 179. The molecule has 1 rings (SSSR count). The van der Waals surface area contributed by atoms with Gasteiger partial charge < -0.3 is 10.1 Å². The molecule has 1 saturated carbocycles. The van der Waals surface area contributed by atoms with E-state index in [1.54, 1.807) is 0 Å². The quantitative estimate of drug-likeness (QED) is 0.564. The topological polar surface area (TPSA) is 50.4 Å². The Kier molecular flexibility index (Phi) is 2.64. The van der Waals surface area contributed by atoms with Crippen molar-refractivity contribution >= 4 is 23.4 Å². The molecule has 0 bridgehead atoms. The van der Waals surface area contributed by atoms with Crippen molar-refractivity contribution in [2.45, 2.75) is 18.9 Å². The molecule has 0 unspecified atom stereocenters. The van der Waals surface area contributed by atoms with Crippen molar-refractivity contribution in [3.63, 3.8) is 0 Å². The van der Waals surface area contributed by atoms with Crippen LogP contribution in [0.15, 0.2) is 0 Å². The molecule has 11 heavy (non-hydrogen) atoms. The minimum Gasteiger partial charge on any atom is -0.453 e. The zero-order valence-corrected chi connectivity index (χ0v) is 7.03. The molecule has 4 nitrogen and oxygen atoms in total. The van der Waals surface area contributed by atoms with Gasteiger partial charge in [0.1, 0.15) is 0 Å². The van der Waals surface area contributed by atoms with Gasteiger partial charge in [0.05, 0.1) is 7.11 Å². The molecular weight excluding hydrogens is 164 g/mol. The highest BCUT2D eigenvalue weighted by Crippen LogP contribution is 2.18. The SMILES string of the molecule is COC(=O)NC(=S)NC1CC1. The van der Waals surface area contributed by atoms with Crippen LogP contribution in [-0.4, -0.2) is 24.4 Å². The lowest BCUT2D eigenvalue weighted by atomic mass is 10.7. The number of nitrogens with one attached hydrogen (secondary N) is 2. The molecule has 0 saturated heterocycles. The van der Waals surface area contributed by atoms with Crippen molar-refractivity contribution in [1.29, 1.82) is 0 Å². The van der Waals surface area contributed by atoms with Crippen LogP contribution < -0.4 is 10.6 Å². The molecule has 1 aliphatic rings. The van der Waals surface area contributed by atoms with Crippen LogP contribution in [0.1, 0.15) is 12.8 Å². The van der Waals surface area contributed by atoms with Crippen molar-refractivity contribution in [3.05, 3.63) is 0 Å².